The Hall–Kier alpha value is -2.97. The van der Waals surface area contributed by atoms with Crippen LogP contribution in [0, 0.1) is 3.57 Å². The fourth-order valence-electron chi connectivity index (χ4n) is 3.58. The van der Waals surface area contributed by atoms with Crippen molar-refractivity contribution < 1.29 is 23.8 Å². The average Bonchev–Trinajstić information content (AvgIpc) is 2.86. The zero-order valence-corrected chi connectivity index (χ0v) is 25.2. The molecule has 38 heavy (non-hydrogen) atoms. The second-order valence-corrected chi connectivity index (χ2v) is 10.3. The molecule has 0 spiro atoms. The monoisotopic (exact) mass is 712 g/mol. The molecule has 1 heterocycles. The van der Waals surface area contributed by atoms with Crippen molar-refractivity contribution in [3.05, 3.63) is 79.5 Å². The van der Waals surface area contributed by atoms with Gasteiger partial charge in [0.15, 0.2) is 11.7 Å². The molecule has 0 aliphatic carbocycles. The Labute approximate surface area is 248 Å². The molecule has 1 aliphatic rings. The number of allylic oxidation sites excluding steroid dienone is 1. The van der Waals surface area contributed by atoms with E-state index < -0.39 is 17.9 Å². The summed E-state index contributed by atoms with van der Waals surface area (Å²) in [6.07, 6.45) is 3.14. The largest absolute Gasteiger partial charge is 0.488 e. The molecule has 3 N–H and O–H groups in total. The summed E-state index contributed by atoms with van der Waals surface area (Å²) in [5.74, 6) is 0.0913. The van der Waals surface area contributed by atoms with Gasteiger partial charge in [-0.3, -0.25) is 4.79 Å². The number of benzene rings is 2. The summed E-state index contributed by atoms with van der Waals surface area (Å²) in [4.78, 5) is 25.2. The number of hydrogen-bond donors (Lipinski definition) is 3. The molecule has 1 atom stereocenters. The SMILES string of the molecule is C=CCOc1c(I)cc(Br)cc1C=NNC(=O)COc1ccccc1[C@H]1NC(=S)NC(C)=C1C(=O)OCC. The van der Waals surface area contributed by atoms with Crippen LogP contribution >= 0.6 is 50.7 Å². The lowest BCUT2D eigenvalue weighted by atomic mass is 9.95. The molecule has 0 fully saturated rings. The van der Waals surface area contributed by atoms with Crippen molar-refractivity contribution >= 4 is 73.9 Å². The first-order valence-corrected chi connectivity index (χ1v) is 13.7. The van der Waals surface area contributed by atoms with Crippen LogP contribution in [0.2, 0.25) is 0 Å². The zero-order chi connectivity index (χ0) is 27.7. The lowest BCUT2D eigenvalue weighted by Crippen LogP contribution is -2.45. The topological polar surface area (TPSA) is 110 Å². The summed E-state index contributed by atoms with van der Waals surface area (Å²) in [5.41, 5.74) is 4.73. The number of ether oxygens (including phenoxy) is 3. The van der Waals surface area contributed by atoms with E-state index in [-0.39, 0.29) is 13.2 Å². The lowest BCUT2D eigenvalue weighted by molar-refractivity contribution is -0.139. The van der Waals surface area contributed by atoms with Crippen LogP contribution < -0.4 is 25.5 Å². The van der Waals surface area contributed by atoms with Gasteiger partial charge in [0.2, 0.25) is 0 Å². The number of esters is 1. The molecule has 0 saturated carbocycles. The maximum absolute atomic E-state index is 12.7. The number of carbonyl (C=O) groups excluding carboxylic acids is 2. The fourth-order valence-corrected chi connectivity index (χ4v) is 5.55. The number of nitrogens with zero attached hydrogens (tertiary/aromatic N) is 1. The standard InChI is InChI=1S/C26H26BrIN4O5S/c1-4-10-36-24-16(11-17(27)12-19(24)28)13-29-32-21(33)14-37-20-9-7-6-8-18(20)23-22(25(34)35-5-2)15(3)30-26(38)31-23/h4,6-9,11-13,23H,1,5,10,14H2,2-3H3,(H,32,33)(H2,30,31,38)/t23-/m1/s1. The minimum absolute atomic E-state index is 0.229. The predicted molar refractivity (Wildman–Crippen MR) is 161 cm³/mol. The summed E-state index contributed by atoms with van der Waals surface area (Å²) in [6, 6.07) is 10.2. The van der Waals surface area contributed by atoms with Crippen LogP contribution in [0.1, 0.15) is 31.0 Å². The molecule has 12 heteroatoms. The van der Waals surface area contributed by atoms with Crippen LogP contribution in [0.4, 0.5) is 0 Å². The van der Waals surface area contributed by atoms with E-state index in [9.17, 15) is 9.59 Å². The number of thiocarbonyl (C=S) groups is 1. The smallest absolute Gasteiger partial charge is 0.338 e. The predicted octanol–water partition coefficient (Wildman–Crippen LogP) is 4.50. The van der Waals surface area contributed by atoms with E-state index in [4.69, 9.17) is 26.4 Å². The first-order chi connectivity index (χ1) is 18.2. The number of halogens is 2. The Kier molecular flexibility index (Phi) is 11.1. The molecule has 2 aromatic carbocycles. The summed E-state index contributed by atoms with van der Waals surface area (Å²) in [5, 5.41) is 10.5. The number of para-hydroxylation sites is 1. The molecule has 0 aromatic heterocycles. The highest BCUT2D eigenvalue weighted by Crippen LogP contribution is 2.33. The van der Waals surface area contributed by atoms with Crippen molar-refractivity contribution in [3.63, 3.8) is 0 Å². The van der Waals surface area contributed by atoms with E-state index in [0.29, 0.717) is 45.6 Å². The highest BCUT2D eigenvalue weighted by molar-refractivity contribution is 14.1. The molecule has 0 radical (unpaired) electrons. The molecule has 1 amide bonds. The molecular weight excluding hydrogens is 687 g/mol. The third kappa shape index (κ3) is 7.77. The number of hydrogen-bond acceptors (Lipinski definition) is 7. The average molecular weight is 713 g/mol. The number of rotatable bonds is 11. The van der Waals surface area contributed by atoms with Crippen LogP contribution in [0.15, 0.2) is 69.9 Å². The van der Waals surface area contributed by atoms with Crippen molar-refractivity contribution in [1.82, 2.24) is 16.1 Å². The normalized spacial score (nSPS) is 14.9. The Morgan fingerprint density at radius 1 is 1.29 bits per heavy atom. The van der Waals surface area contributed by atoms with Gasteiger partial charge in [0.05, 0.1) is 28.0 Å². The van der Waals surface area contributed by atoms with Gasteiger partial charge < -0.3 is 24.8 Å². The van der Waals surface area contributed by atoms with Crippen LogP contribution in [0.25, 0.3) is 0 Å². The van der Waals surface area contributed by atoms with Crippen LogP contribution in [0.3, 0.4) is 0 Å². The van der Waals surface area contributed by atoms with E-state index in [1.807, 2.05) is 18.2 Å². The van der Waals surface area contributed by atoms with Crippen molar-refractivity contribution in [2.75, 3.05) is 19.8 Å². The summed E-state index contributed by atoms with van der Waals surface area (Å²) < 4.78 is 18.5. The van der Waals surface area contributed by atoms with Gasteiger partial charge in [-0.05, 0) is 66.9 Å². The quantitative estimate of drug-likeness (QED) is 0.0781. The first kappa shape index (κ1) is 29.6. The third-order valence-electron chi connectivity index (χ3n) is 5.13. The lowest BCUT2D eigenvalue weighted by Gasteiger charge is -2.30. The van der Waals surface area contributed by atoms with Crippen LogP contribution in [0.5, 0.6) is 11.5 Å². The molecule has 1 aliphatic heterocycles. The molecular formula is C26H26BrIN4O5S. The first-order valence-electron chi connectivity index (χ1n) is 11.5. The van der Waals surface area contributed by atoms with Gasteiger partial charge >= 0.3 is 5.97 Å². The molecule has 200 valence electrons. The summed E-state index contributed by atoms with van der Waals surface area (Å²) >= 11 is 10.9. The minimum Gasteiger partial charge on any atom is -0.488 e. The van der Waals surface area contributed by atoms with E-state index in [1.54, 1.807) is 38.1 Å². The highest BCUT2D eigenvalue weighted by atomic mass is 127. The van der Waals surface area contributed by atoms with Crippen molar-refractivity contribution in [3.8, 4) is 11.5 Å². The molecule has 0 bridgehead atoms. The zero-order valence-electron chi connectivity index (χ0n) is 20.7. The maximum Gasteiger partial charge on any atom is 0.338 e. The van der Waals surface area contributed by atoms with E-state index >= 15 is 0 Å². The van der Waals surface area contributed by atoms with Gasteiger partial charge in [-0.2, -0.15) is 5.10 Å². The minimum atomic E-state index is -0.618. The van der Waals surface area contributed by atoms with E-state index in [2.05, 4.69) is 66.3 Å². The van der Waals surface area contributed by atoms with Gasteiger partial charge in [-0.1, -0.05) is 46.8 Å². The fraction of sp³-hybridized carbons (Fsp3) is 0.231. The number of amides is 1. The van der Waals surface area contributed by atoms with Crippen molar-refractivity contribution in [2.24, 2.45) is 5.10 Å². The third-order valence-corrected chi connectivity index (χ3v) is 6.61. The molecule has 3 rings (SSSR count). The number of carbonyl (C=O) groups is 2. The van der Waals surface area contributed by atoms with Crippen molar-refractivity contribution in [1.29, 1.82) is 0 Å². The Morgan fingerprint density at radius 2 is 2.05 bits per heavy atom. The van der Waals surface area contributed by atoms with E-state index in [1.165, 1.54) is 6.21 Å². The van der Waals surface area contributed by atoms with Gasteiger partial charge in [0.25, 0.3) is 5.91 Å². The van der Waals surface area contributed by atoms with Gasteiger partial charge in [0, 0.05) is 21.3 Å². The number of hydrazone groups is 1. The van der Waals surface area contributed by atoms with Gasteiger partial charge in [0.1, 0.15) is 18.1 Å². The van der Waals surface area contributed by atoms with Crippen LogP contribution in [-0.4, -0.2) is 43.0 Å². The van der Waals surface area contributed by atoms with Crippen molar-refractivity contribution in [2.45, 2.75) is 19.9 Å². The molecule has 2 aromatic rings. The van der Waals surface area contributed by atoms with Gasteiger partial charge in [-0.25, -0.2) is 10.2 Å². The second kappa shape index (κ2) is 14.3. The van der Waals surface area contributed by atoms with Crippen LogP contribution in [-0.2, 0) is 14.3 Å². The molecule has 9 nitrogen and oxygen atoms in total. The number of nitrogens with one attached hydrogen (secondary N) is 3. The maximum atomic E-state index is 12.7. The van der Waals surface area contributed by atoms with E-state index in [0.717, 1.165) is 8.04 Å². The second-order valence-electron chi connectivity index (χ2n) is 7.82. The molecule has 0 saturated heterocycles. The summed E-state index contributed by atoms with van der Waals surface area (Å²) in [6.45, 7) is 7.41. The molecule has 0 unspecified atom stereocenters. The Bertz CT molecular complexity index is 1300. The highest BCUT2D eigenvalue weighted by Gasteiger charge is 2.32. The Morgan fingerprint density at radius 3 is 2.79 bits per heavy atom. The Balaban J connectivity index is 1.72. The van der Waals surface area contributed by atoms with Gasteiger partial charge in [-0.15, -0.1) is 0 Å². The summed E-state index contributed by atoms with van der Waals surface area (Å²) in [7, 11) is 0.